The summed E-state index contributed by atoms with van der Waals surface area (Å²) in [5, 5.41) is 5.28. The number of esters is 2. The maximum absolute atomic E-state index is 12.6. The number of amides is 4. The van der Waals surface area contributed by atoms with E-state index >= 15 is 0 Å². The quantitative estimate of drug-likeness (QED) is 0.0897. The average Bonchev–Trinajstić information content (AvgIpc) is 3.26. The van der Waals surface area contributed by atoms with Crippen LogP contribution in [0, 0.1) is 0 Å². The largest absolute Gasteiger partial charge is 0.460 e. The van der Waals surface area contributed by atoms with Gasteiger partial charge in [-0.15, -0.1) is 0 Å². The van der Waals surface area contributed by atoms with Gasteiger partial charge in [0.05, 0.1) is 52.9 Å². The molecule has 46 heavy (non-hydrogen) atoms. The van der Waals surface area contributed by atoms with E-state index in [0.29, 0.717) is 39.6 Å². The van der Waals surface area contributed by atoms with Crippen molar-refractivity contribution >= 4 is 35.6 Å². The van der Waals surface area contributed by atoms with E-state index in [2.05, 4.69) is 10.6 Å². The van der Waals surface area contributed by atoms with Crippen LogP contribution in [0.3, 0.4) is 0 Å². The maximum Gasteiger partial charge on any atom is 0.329 e. The molecule has 15 nitrogen and oxygen atoms in total. The number of hydrogen-bond acceptors (Lipinski definition) is 12. The average molecular weight is 658 g/mol. The Kier molecular flexibility index (Phi) is 18.9. The number of nitrogens with one attached hydrogen (secondary N) is 2. The number of imide groups is 1. The normalized spacial score (nSPS) is 13.9. The summed E-state index contributed by atoms with van der Waals surface area (Å²) >= 11 is 0. The van der Waals surface area contributed by atoms with Crippen LogP contribution in [0.5, 0.6) is 0 Å². The van der Waals surface area contributed by atoms with Gasteiger partial charge in [0.2, 0.25) is 11.8 Å². The molecule has 1 aliphatic heterocycles. The van der Waals surface area contributed by atoms with Crippen LogP contribution >= 0.6 is 0 Å². The van der Waals surface area contributed by atoms with Crippen molar-refractivity contribution in [1.82, 2.24) is 15.5 Å². The van der Waals surface area contributed by atoms with Crippen molar-refractivity contribution in [3.63, 3.8) is 0 Å². The highest BCUT2D eigenvalue weighted by Crippen LogP contribution is 2.14. The molecule has 0 aromatic heterocycles. The Hall–Kier alpha value is -3.40. The number of rotatable bonds is 23. The second kappa shape index (κ2) is 21.4. The molecule has 1 unspecified atom stereocenters. The molecular formula is C31H51N3O12. The molecule has 15 heteroatoms. The minimum Gasteiger partial charge on any atom is -0.460 e. The highest BCUT2D eigenvalue weighted by Gasteiger charge is 2.28. The third-order valence-corrected chi connectivity index (χ3v) is 5.70. The van der Waals surface area contributed by atoms with Crippen LogP contribution in [-0.4, -0.2) is 124 Å². The molecule has 262 valence electrons. The highest BCUT2D eigenvalue weighted by molar-refractivity contribution is 6.13. The van der Waals surface area contributed by atoms with Crippen molar-refractivity contribution in [2.45, 2.75) is 84.5 Å². The summed E-state index contributed by atoms with van der Waals surface area (Å²) in [4.78, 5) is 72.8. The van der Waals surface area contributed by atoms with E-state index in [1.807, 2.05) is 0 Å². The van der Waals surface area contributed by atoms with Gasteiger partial charge in [0.25, 0.3) is 11.8 Å². The molecule has 0 saturated heterocycles. The van der Waals surface area contributed by atoms with Crippen molar-refractivity contribution in [3.8, 4) is 0 Å². The van der Waals surface area contributed by atoms with Gasteiger partial charge in [-0.1, -0.05) is 0 Å². The fraction of sp³-hybridized carbons (Fsp3) is 0.742. The van der Waals surface area contributed by atoms with E-state index < -0.39 is 46.9 Å². The minimum atomic E-state index is -0.996. The summed E-state index contributed by atoms with van der Waals surface area (Å²) in [5.41, 5.74) is -1.41. The van der Waals surface area contributed by atoms with Gasteiger partial charge >= 0.3 is 11.9 Å². The zero-order valence-electron chi connectivity index (χ0n) is 28.0. The van der Waals surface area contributed by atoms with Gasteiger partial charge in [-0.3, -0.25) is 28.9 Å². The number of ether oxygens (including phenoxy) is 6. The summed E-state index contributed by atoms with van der Waals surface area (Å²) in [5.74, 6) is -2.63. The Morgan fingerprint density at radius 2 is 1.17 bits per heavy atom. The molecule has 1 heterocycles. The minimum absolute atomic E-state index is 0.0108. The Morgan fingerprint density at radius 3 is 1.70 bits per heavy atom. The fourth-order valence-corrected chi connectivity index (χ4v) is 3.69. The molecule has 0 fully saturated rings. The maximum atomic E-state index is 12.6. The lowest BCUT2D eigenvalue weighted by molar-refractivity contribution is -0.160. The number of carbonyl (C=O) groups is 6. The lowest BCUT2D eigenvalue weighted by atomic mass is 10.1. The molecule has 1 aliphatic rings. The SMILES string of the molecule is CC(C)(C)OC(=O)CCC(NC(=O)CCOCCOCCOCCOCCNC(=O)CCN1C(=O)C=CC1=O)C(=O)OC(C)(C)C. The smallest absolute Gasteiger partial charge is 0.329 e. The van der Waals surface area contributed by atoms with E-state index in [9.17, 15) is 28.8 Å². The Morgan fingerprint density at radius 1 is 0.674 bits per heavy atom. The van der Waals surface area contributed by atoms with Crippen LogP contribution in [0.25, 0.3) is 0 Å². The molecule has 0 bridgehead atoms. The molecule has 0 spiro atoms. The number of carbonyl (C=O) groups excluding carboxylic acids is 6. The van der Waals surface area contributed by atoms with Crippen LogP contribution in [0.4, 0.5) is 0 Å². The van der Waals surface area contributed by atoms with Crippen LogP contribution in [0.2, 0.25) is 0 Å². The zero-order valence-corrected chi connectivity index (χ0v) is 28.0. The van der Waals surface area contributed by atoms with Gasteiger partial charge in [-0.2, -0.15) is 0 Å². The first-order valence-corrected chi connectivity index (χ1v) is 15.4. The van der Waals surface area contributed by atoms with Gasteiger partial charge < -0.3 is 39.1 Å². The Bertz CT molecular complexity index is 1010. The first-order valence-electron chi connectivity index (χ1n) is 15.4. The van der Waals surface area contributed by atoms with Crippen molar-refractivity contribution in [2.24, 2.45) is 0 Å². The van der Waals surface area contributed by atoms with Crippen molar-refractivity contribution in [3.05, 3.63) is 12.2 Å². The third kappa shape index (κ3) is 20.6. The molecule has 0 aromatic carbocycles. The molecular weight excluding hydrogens is 606 g/mol. The van der Waals surface area contributed by atoms with Gasteiger partial charge in [0.15, 0.2) is 0 Å². The van der Waals surface area contributed by atoms with Crippen molar-refractivity contribution in [2.75, 3.05) is 65.9 Å². The number of hydrogen-bond donors (Lipinski definition) is 2. The first-order chi connectivity index (χ1) is 21.6. The molecule has 0 radical (unpaired) electrons. The van der Waals surface area contributed by atoms with E-state index in [0.717, 1.165) is 4.90 Å². The van der Waals surface area contributed by atoms with Crippen LogP contribution in [-0.2, 0) is 57.2 Å². The molecule has 4 amide bonds. The van der Waals surface area contributed by atoms with Crippen LogP contribution < -0.4 is 10.6 Å². The lowest BCUT2D eigenvalue weighted by Gasteiger charge is -2.25. The topological polar surface area (TPSA) is 185 Å². The third-order valence-electron chi connectivity index (χ3n) is 5.70. The predicted molar refractivity (Wildman–Crippen MR) is 164 cm³/mol. The lowest BCUT2D eigenvalue weighted by Crippen LogP contribution is -2.44. The molecule has 0 saturated carbocycles. The van der Waals surface area contributed by atoms with Gasteiger partial charge in [0.1, 0.15) is 17.2 Å². The summed E-state index contributed by atoms with van der Waals surface area (Å²) in [6.45, 7) is 13.1. The molecule has 1 rings (SSSR count). The van der Waals surface area contributed by atoms with E-state index in [4.69, 9.17) is 28.4 Å². The predicted octanol–water partition coefficient (Wildman–Crippen LogP) is 0.823. The van der Waals surface area contributed by atoms with Crippen LogP contribution in [0.1, 0.15) is 67.2 Å². The van der Waals surface area contributed by atoms with E-state index in [1.165, 1.54) is 12.2 Å². The van der Waals surface area contributed by atoms with Crippen molar-refractivity contribution < 1.29 is 57.2 Å². The first kappa shape index (κ1) is 40.6. The summed E-state index contributed by atoms with van der Waals surface area (Å²) < 4.78 is 32.3. The number of nitrogens with zero attached hydrogens (tertiary/aromatic N) is 1. The Labute approximate surface area is 271 Å². The fourth-order valence-electron chi connectivity index (χ4n) is 3.69. The summed E-state index contributed by atoms with van der Waals surface area (Å²) in [6.07, 6.45) is 2.38. The zero-order chi connectivity index (χ0) is 34.6. The second-order valence-corrected chi connectivity index (χ2v) is 12.2. The molecule has 1 atom stereocenters. The standard InChI is InChI=1S/C31H51N3O12/c1-30(2,3)45-28(39)10-7-23(29(40)46-31(4,5)6)33-25(36)12-15-41-17-19-43-21-22-44-20-18-42-16-13-32-24(35)11-14-34-26(37)8-9-27(34)38/h8-9,23H,7,10-22H2,1-6H3,(H,32,35)(H,33,36). The molecule has 0 aromatic rings. The summed E-state index contributed by atoms with van der Waals surface area (Å²) in [7, 11) is 0. The highest BCUT2D eigenvalue weighted by atomic mass is 16.6. The van der Waals surface area contributed by atoms with E-state index in [-0.39, 0.29) is 58.0 Å². The molecule has 2 N–H and O–H groups in total. The van der Waals surface area contributed by atoms with Gasteiger partial charge in [-0.05, 0) is 48.0 Å². The second-order valence-electron chi connectivity index (χ2n) is 12.2. The monoisotopic (exact) mass is 657 g/mol. The van der Waals surface area contributed by atoms with Gasteiger partial charge in [0, 0.05) is 44.5 Å². The van der Waals surface area contributed by atoms with Crippen molar-refractivity contribution in [1.29, 1.82) is 0 Å². The molecule has 0 aliphatic carbocycles. The van der Waals surface area contributed by atoms with Gasteiger partial charge in [-0.25, -0.2) is 4.79 Å². The Balaban J connectivity index is 2.05. The van der Waals surface area contributed by atoms with Crippen LogP contribution in [0.15, 0.2) is 12.2 Å². The summed E-state index contributed by atoms with van der Waals surface area (Å²) in [6, 6.07) is -0.996. The van der Waals surface area contributed by atoms with E-state index in [1.54, 1.807) is 41.5 Å².